The molecular formula is C24H34N4OS. The maximum atomic E-state index is 12.9. The van der Waals surface area contributed by atoms with Gasteiger partial charge in [-0.15, -0.1) is 11.3 Å². The lowest BCUT2D eigenvalue weighted by Gasteiger charge is -2.37. The van der Waals surface area contributed by atoms with Crippen molar-refractivity contribution in [3.63, 3.8) is 0 Å². The van der Waals surface area contributed by atoms with Crippen molar-refractivity contribution in [1.82, 2.24) is 14.9 Å². The number of piperazine rings is 1. The Bertz CT molecular complexity index is 925. The van der Waals surface area contributed by atoms with E-state index in [0.717, 1.165) is 75.8 Å². The molecule has 3 heterocycles. The second-order valence-corrected chi connectivity index (χ2v) is 10.6. The Morgan fingerprint density at radius 3 is 2.60 bits per heavy atom. The van der Waals surface area contributed by atoms with Crippen LogP contribution in [0.4, 0.5) is 5.82 Å². The number of carbonyl (C=O) groups excluding carboxylic acids is 1. The van der Waals surface area contributed by atoms with Crippen LogP contribution in [0.25, 0.3) is 10.2 Å². The van der Waals surface area contributed by atoms with Crippen LogP contribution in [0.15, 0.2) is 0 Å². The van der Waals surface area contributed by atoms with Crippen LogP contribution in [-0.2, 0) is 24.1 Å². The van der Waals surface area contributed by atoms with Gasteiger partial charge in [-0.25, -0.2) is 9.97 Å². The molecule has 5 rings (SSSR count). The lowest BCUT2D eigenvalue weighted by molar-refractivity contribution is -0.135. The average molecular weight is 427 g/mol. The van der Waals surface area contributed by atoms with Gasteiger partial charge >= 0.3 is 0 Å². The van der Waals surface area contributed by atoms with Gasteiger partial charge in [-0.05, 0) is 50.0 Å². The van der Waals surface area contributed by atoms with Gasteiger partial charge in [0.1, 0.15) is 16.5 Å². The second-order valence-electron chi connectivity index (χ2n) is 9.54. The van der Waals surface area contributed by atoms with E-state index in [-0.39, 0.29) is 5.92 Å². The normalized spacial score (nSPS) is 22.7. The molecule has 2 aromatic heterocycles. The van der Waals surface area contributed by atoms with Crippen molar-refractivity contribution in [2.24, 2.45) is 11.8 Å². The molecule has 2 fully saturated rings. The minimum absolute atomic E-state index is 0.282. The zero-order chi connectivity index (χ0) is 20.7. The number of thiophene rings is 1. The molecule has 2 aromatic rings. The molecule has 6 heteroatoms. The van der Waals surface area contributed by atoms with Crippen LogP contribution < -0.4 is 4.90 Å². The van der Waals surface area contributed by atoms with Crippen LogP contribution in [0, 0.1) is 11.8 Å². The molecule has 0 aromatic carbocycles. The lowest BCUT2D eigenvalue weighted by atomic mass is 9.89. The Balaban J connectivity index is 1.42. The molecule has 162 valence electrons. The zero-order valence-corrected chi connectivity index (χ0v) is 19.3. The van der Waals surface area contributed by atoms with Crippen molar-refractivity contribution in [2.75, 3.05) is 31.1 Å². The fourth-order valence-corrected chi connectivity index (χ4v) is 6.90. The van der Waals surface area contributed by atoms with Crippen molar-refractivity contribution in [1.29, 1.82) is 0 Å². The Morgan fingerprint density at radius 1 is 1.10 bits per heavy atom. The third-order valence-corrected chi connectivity index (χ3v) is 8.40. The van der Waals surface area contributed by atoms with E-state index >= 15 is 0 Å². The summed E-state index contributed by atoms with van der Waals surface area (Å²) in [4.78, 5) is 30.2. The van der Waals surface area contributed by atoms with E-state index in [0.29, 0.717) is 5.91 Å². The van der Waals surface area contributed by atoms with E-state index in [1.807, 2.05) is 11.3 Å². The molecule has 1 aliphatic heterocycles. The van der Waals surface area contributed by atoms with Crippen molar-refractivity contribution in [3.05, 3.63) is 16.3 Å². The van der Waals surface area contributed by atoms with Gasteiger partial charge in [0.25, 0.3) is 0 Å². The van der Waals surface area contributed by atoms with E-state index in [9.17, 15) is 4.79 Å². The smallest absolute Gasteiger partial charge is 0.225 e. The van der Waals surface area contributed by atoms with Gasteiger partial charge in [-0.3, -0.25) is 4.79 Å². The van der Waals surface area contributed by atoms with E-state index in [1.165, 1.54) is 46.3 Å². The quantitative estimate of drug-likeness (QED) is 0.716. The highest BCUT2D eigenvalue weighted by atomic mass is 32.1. The van der Waals surface area contributed by atoms with Crippen LogP contribution in [0.2, 0.25) is 0 Å². The highest BCUT2D eigenvalue weighted by molar-refractivity contribution is 7.19. The summed E-state index contributed by atoms with van der Waals surface area (Å²) in [6.45, 7) is 7.99. The minimum atomic E-state index is 0.282. The molecule has 2 aliphatic carbocycles. The molecular weight excluding hydrogens is 392 g/mol. The molecule has 0 N–H and O–H groups in total. The Morgan fingerprint density at radius 2 is 1.87 bits per heavy atom. The minimum Gasteiger partial charge on any atom is -0.352 e. The van der Waals surface area contributed by atoms with Crippen LogP contribution in [0.3, 0.4) is 0 Å². The number of aromatic nitrogens is 2. The van der Waals surface area contributed by atoms with Gasteiger partial charge in [0.05, 0.1) is 5.39 Å². The molecule has 1 amide bonds. The van der Waals surface area contributed by atoms with Gasteiger partial charge in [0.2, 0.25) is 5.91 Å². The molecule has 30 heavy (non-hydrogen) atoms. The fraction of sp³-hybridized carbons (Fsp3) is 0.708. The van der Waals surface area contributed by atoms with Crippen molar-refractivity contribution in [2.45, 2.75) is 71.6 Å². The number of aryl methyl sites for hydroxylation is 2. The predicted molar refractivity (Wildman–Crippen MR) is 123 cm³/mol. The van der Waals surface area contributed by atoms with Crippen LogP contribution in [-0.4, -0.2) is 47.0 Å². The third-order valence-electron chi connectivity index (χ3n) is 7.25. The highest BCUT2D eigenvalue weighted by Crippen LogP contribution is 2.41. The van der Waals surface area contributed by atoms with E-state index in [2.05, 4.69) is 23.6 Å². The maximum absolute atomic E-state index is 12.9. The summed E-state index contributed by atoms with van der Waals surface area (Å²) >= 11 is 1.90. The molecule has 1 saturated carbocycles. The van der Waals surface area contributed by atoms with Gasteiger partial charge in [-0.2, -0.15) is 0 Å². The SMILES string of the molecule is CCCc1nc(N2CCN(C(=O)C3CCCC3)CC2)c2c3c(sc2n1)C[C@H](C)CC3. The molecule has 0 spiro atoms. The summed E-state index contributed by atoms with van der Waals surface area (Å²) in [5.74, 6) is 3.57. The van der Waals surface area contributed by atoms with E-state index in [1.54, 1.807) is 0 Å². The van der Waals surface area contributed by atoms with Crippen LogP contribution in [0.5, 0.6) is 0 Å². The first kappa shape index (κ1) is 20.2. The number of amides is 1. The zero-order valence-electron chi connectivity index (χ0n) is 18.5. The molecule has 0 radical (unpaired) electrons. The highest BCUT2D eigenvalue weighted by Gasteiger charge is 2.31. The predicted octanol–water partition coefficient (Wildman–Crippen LogP) is 4.61. The molecule has 1 saturated heterocycles. The van der Waals surface area contributed by atoms with Crippen molar-refractivity contribution >= 4 is 33.3 Å². The standard InChI is InChI=1S/C24H34N4OS/c1-3-6-20-25-22(21-18-10-9-16(2)15-19(18)30-23(21)26-20)27-11-13-28(14-12-27)24(29)17-7-4-5-8-17/h16-17H,3-15H2,1-2H3/t16-/m1/s1. The van der Waals surface area contributed by atoms with E-state index < -0.39 is 0 Å². The molecule has 1 atom stereocenters. The van der Waals surface area contributed by atoms with E-state index in [4.69, 9.17) is 9.97 Å². The number of rotatable bonds is 4. The monoisotopic (exact) mass is 426 g/mol. The fourth-order valence-electron chi connectivity index (χ4n) is 5.50. The summed E-state index contributed by atoms with van der Waals surface area (Å²) in [5, 5.41) is 1.32. The van der Waals surface area contributed by atoms with Gasteiger partial charge in [0.15, 0.2) is 0 Å². The first-order valence-corrected chi connectivity index (χ1v) is 12.8. The first-order chi connectivity index (χ1) is 14.6. The molecule has 3 aliphatic rings. The van der Waals surface area contributed by atoms with Crippen LogP contribution >= 0.6 is 11.3 Å². The van der Waals surface area contributed by atoms with Gasteiger partial charge in [-0.1, -0.05) is 26.7 Å². The number of anilines is 1. The summed E-state index contributed by atoms with van der Waals surface area (Å²) in [7, 11) is 0. The molecule has 5 nitrogen and oxygen atoms in total. The molecule has 0 unspecified atom stereocenters. The number of hydrogen-bond acceptors (Lipinski definition) is 5. The Labute approximate surface area is 183 Å². The van der Waals surface area contributed by atoms with Gasteiger partial charge in [0, 0.05) is 43.4 Å². The second kappa shape index (κ2) is 8.45. The lowest BCUT2D eigenvalue weighted by Crippen LogP contribution is -2.50. The third kappa shape index (κ3) is 3.72. The summed E-state index contributed by atoms with van der Waals surface area (Å²) < 4.78 is 0. The van der Waals surface area contributed by atoms with Crippen molar-refractivity contribution < 1.29 is 4.79 Å². The summed E-state index contributed by atoms with van der Waals surface area (Å²) in [5.41, 5.74) is 1.51. The summed E-state index contributed by atoms with van der Waals surface area (Å²) in [6.07, 6.45) is 10.2. The number of nitrogens with zero attached hydrogens (tertiary/aromatic N) is 4. The Hall–Kier alpha value is -1.69. The number of hydrogen-bond donors (Lipinski definition) is 0. The van der Waals surface area contributed by atoms with Gasteiger partial charge < -0.3 is 9.80 Å². The Kier molecular flexibility index (Phi) is 5.69. The topological polar surface area (TPSA) is 49.3 Å². The molecule has 0 bridgehead atoms. The first-order valence-electron chi connectivity index (χ1n) is 12.0. The number of carbonyl (C=O) groups is 1. The van der Waals surface area contributed by atoms with Crippen LogP contribution in [0.1, 0.15) is 68.6 Å². The number of fused-ring (bicyclic) bond motifs is 3. The summed E-state index contributed by atoms with van der Waals surface area (Å²) in [6, 6.07) is 0. The van der Waals surface area contributed by atoms with Crippen molar-refractivity contribution in [3.8, 4) is 0 Å². The largest absolute Gasteiger partial charge is 0.352 e. The average Bonchev–Trinajstić information content (AvgIpc) is 3.40. The maximum Gasteiger partial charge on any atom is 0.225 e.